The van der Waals surface area contributed by atoms with Crippen LogP contribution in [0.5, 0.6) is 0 Å². The molecule has 4 nitrogen and oxygen atoms in total. The van der Waals surface area contributed by atoms with Crippen molar-refractivity contribution in [2.24, 2.45) is 7.05 Å². The molecule has 1 heterocycles. The SMILES string of the molecule is CN(Cc1ccc(N)cc1Br)Cc1nccn1C. The number of aromatic nitrogens is 2. The quantitative estimate of drug-likeness (QED) is 0.882. The van der Waals surface area contributed by atoms with Gasteiger partial charge in [-0.05, 0) is 24.7 Å². The van der Waals surface area contributed by atoms with Gasteiger partial charge in [0.2, 0.25) is 0 Å². The molecule has 96 valence electrons. The molecule has 0 aliphatic heterocycles. The summed E-state index contributed by atoms with van der Waals surface area (Å²) in [6.07, 6.45) is 3.78. The number of anilines is 1. The van der Waals surface area contributed by atoms with Crippen LogP contribution in [0.25, 0.3) is 0 Å². The van der Waals surface area contributed by atoms with Crippen molar-refractivity contribution in [2.45, 2.75) is 13.1 Å². The Balaban J connectivity index is 2.03. The van der Waals surface area contributed by atoms with Crippen molar-refractivity contribution < 1.29 is 0 Å². The number of hydrogen-bond donors (Lipinski definition) is 1. The number of benzene rings is 1. The van der Waals surface area contributed by atoms with Gasteiger partial charge in [0.05, 0.1) is 6.54 Å². The number of aryl methyl sites for hydroxylation is 1. The van der Waals surface area contributed by atoms with Gasteiger partial charge in [-0.2, -0.15) is 0 Å². The molecular formula is C13H17BrN4. The number of rotatable bonds is 4. The average Bonchev–Trinajstić information content (AvgIpc) is 2.69. The van der Waals surface area contributed by atoms with Crippen molar-refractivity contribution in [3.63, 3.8) is 0 Å². The molecule has 0 aliphatic rings. The Labute approximate surface area is 116 Å². The maximum absolute atomic E-state index is 5.73. The fourth-order valence-electron chi connectivity index (χ4n) is 1.83. The van der Waals surface area contributed by atoms with Crippen LogP contribution in [0.4, 0.5) is 5.69 Å². The van der Waals surface area contributed by atoms with Crippen LogP contribution in [0, 0.1) is 0 Å². The number of nitrogens with two attached hydrogens (primary N) is 1. The van der Waals surface area contributed by atoms with Gasteiger partial charge in [0.15, 0.2) is 0 Å². The molecule has 5 heteroatoms. The molecule has 2 rings (SSSR count). The molecule has 0 spiro atoms. The molecule has 0 unspecified atom stereocenters. The minimum absolute atomic E-state index is 0.775. The zero-order chi connectivity index (χ0) is 13.1. The van der Waals surface area contributed by atoms with Crippen LogP contribution in [0.2, 0.25) is 0 Å². The first-order valence-electron chi connectivity index (χ1n) is 5.75. The molecule has 0 amide bonds. The van der Waals surface area contributed by atoms with Crippen molar-refractivity contribution in [1.29, 1.82) is 0 Å². The first-order valence-corrected chi connectivity index (χ1v) is 6.54. The summed E-state index contributed by atoms with van der Waals surface area (Å²) in [5.74, 6) is 1.06. The number of nitrogens with zero attached hydrogens (tertiary/aromatic N) is 3. The maximum atomic E-state index is 5.73. The van der Waals surface area contributed by atoms with Gasteiger partial charge in [0.1, 0.15) is 5.82 Å². The van der Waals surface area contributed by atoms with E-state index in [2.05, 4.69) is 32.9 Å². The van der Waals surface area contributed by atoms with Crippen molar-refractivity contribution in [1.82, 2.24) is 14.5 Å². The molecule has 1 aromatic heterocycles. The van der Waals surface area contributed by atoms with E-state index in [1.807, 2.05) is 42.2 Å². The van der Waals surface area contributed by atoms with E-state index in [9.17, 15) is 0 Å². The molecule has 0 bridgehead atoms. The van der Waals surface area contributed by atoms with E-state index < -0.39 is 0 Å². The summed E-state index contributed by atoms with van der Waals surface area (Å²) in [7, 11) is 4.09. The second-order valence-electron chi connectivity index (χ2n) is 4.48. The number of nitrogen functional groups attached to an aromatic ring is 1. The van der Waals surface area contributed by atoms with Gasteiger partial charge in [-0.3, -0.25) is 4.90 Å². The molecule has 0 radical (unpaired) electrons. The van der Waals surface area contributed by atoms with E-state index in [0.717, 1.165) is 29.1 Å². The van der Waals surface area contributed by atoms with Crippen LogP contribution in [0.1, 0.15) is 11.4 Å². The van der Waals surface area contributed by atoms with Gasteiger partial charge < -0.3 is 10.3 Å². The molecule has 0 atom stereocenters. The van der Waals surface area contributed by atoms with Gasteiger partial charge >= 0.3 is 0 Å². The topological polar surface area (TPSA) is 47.1 Å². The molecule has 1 aromatic carbocycles. The Bertz CT molecular complexity index is 536. The highest BCUT2D eigenvalue weighted by molar-refractivity contribution is 9.10. The molecular weight excluding hydrogens is 292 g/mol. The van der Waals surface area contributed by atoms with Crippen molar-refractivity contribution in [2.75, 3.05) is 12.8 Å². The third-order valence-corrected chi connectivity index (χ3v) is 3.59. The third kappa shape index (κ3) is 3.11. The van der Waals surface area contributed by atoms with Crippen LogP contribution in [0.15, 0.2) is 35.1 Å². The van der Waals surface area contributed by atoms with Gasteiger partial charge in [-0.15, -0.1) is 0 Å². The summed E-state index contributed by atoms with van der Waals surface area (Å²) < 4.78 is 3.09. The zero-order valence-electron chi connectivity index (χ0n) is 10.6. The lowest BCUT2D eigenvalue weighted by molar-refractivity contribution is 0.306. The van der Waals surface area contributed by atoms with Crippen LogP contribution >= 0.6 is 15.9 Å². The lowest BCUT2D eigenvalue weighted by Gasteiger charge is -2.17. The third-order valence-electron chi connectivity index (χ3n) is 2.85. The van der Waals surface area contributed by atoms with Gasteiger partial charge in [-0.25, -0.2) is 4.98 Å². The van der Waals surface area contributed by atoms with Crippen LogP contribution in [0.3, 0.4) is 0 Å². The summed E-state index contributed by atoms with van der Waals surface area (Å²) in [5, 5.41) is 0. The summed E-state index contributed by atoms with van der Waals surface area (Å²) in [6, 6.07) is 5.91. The molecule has 18 heavy (non-hydrogen) atoms. The van der Waals surface area contributed by atoms with Crippen molar-refractivity contribution in [3.05, 3.63) is 46.5 Å². The second-order valence-corrected chi connectivity index (χ2v) is 5.33. The predicted molar refractivity (Wildman–Crippen MR) is 76.9 cm³/mol. The maximum Gasteiger partial charge on any atom is 0.122 e. The normalized spacial score (nSPS) is 11.1. The lowest BCUT2D eigenvalue weighted by Crippen LogP contribution is -2.19. The molecule has 0 aliphatic carbocycles. The Kier molecular flexibility index (Phi) is 4.04. The Morgan fingerprint density at radius 1 is 1.39 bits per heavy atom. The number of hydrogen-bond acceptors (Lipinski definition) is 3. The Morgan fingerprint density at radius 3 is 2.78 bits per heavy atom. The minimum Gasteiger partial charge on any atom is -0.399 e. The summed E-state index contributed by atoms with van der Waals surface area (Å²) in [6.45, 7) is 1.67. The van der Waals surface area contributed by atoms with E-state index in [-0.39, 0.29) is 0 Å². The van der Waals surface area contributed by atoms with Gasteiger partial charge in [-0.1, -0.05) is 22.0 Å². The van der Waals surface area contributed by atoms with Gasteiger partial charge in [0, 0.05) is 36.1 Å². The van der Waals surface area contributed by atoms with Gasteiger partial charge in [0.25, 0.3) is 0 Å². The average molecular weight is 309 g/mol. The Morgan fingerprint density at radius 2 is 2.17 bits per heavy atom. The van der Waals surface area contributed by atoms with E-state index in [1.165, 1.54) is 5.56 Å². The minimum atomic E-state index is 0.775. The summed E-state index contributed by atoms with van der Waals surface area (Å²) >= 11 is 3.54. The zero-order valence-corrected chi connectivity index (χ0v) is 12.2. The van der Waals surface area contributed by atoms with Crippen LogP contribution in [-0.2, 0) is 20.1 Å². The second kappa shape index (κ2) is 5.54. The standard InChI is InChI=1S/C13H17BrN4/c1-17(9-13-16-5-6-18(13)2)8-10-3-4-11(15)7-12(10)14/h3-7H,8-9,15H2,1-2H3. The van der Waals surface area contributed by atoms with Crippen molar-refractivity contribution >= 4 is 21.6 Å². The highest BCUT2D eigenvalue weighted by Gasteiger charge is 2.07. The fraction of sp³-hybridized carbons (Fsp3) is 0.308. The number of halogens is 1. The monoisotopic (exact) mass is 308 g/mol. The van der Waals surface area contributed by atoms with E-state index in [4.69, 9.17) is 5.73 Å². The first kappa shape index (κ1) is 13.1. The fourth-order valence-corrected chi connectivity index (χ4v) is 2.35. The first-order chi connectivity index (χ1) is 8.56. The predicted octanol–water partition coefficient (Wildman–Crippen LogP) is 2.40. The highest BCUT2D eigenvalue weighted by atomic mass is 79.9. The van der Waals surface area contributed by atoms with Crippen molar-refractivity contribution in [3.8, 4) is 0 Å². The van der Waals surface area contributed by atoms with E-state index in [0.29, 0.717) is 0 Å². The van der Waals surface area contributed by atoms with E-state index in [1.54, 1.807) is 0 Å². The summed E-state index contributed by atoms with van der Waals surface area (Å²) in [4.78, 5) is 6.54. The largest absolute Gasteiger partial charge is 0.399 e. The smallest absolute Gasteiger partial charge is 0.122 e. The van der Waals surface area contributed by atoms with E-state index >= 15 is 0 Å². The van der Waals surface area contributed by atoms with Crippen LogP contribution < -0.4 is 5.73 Å². The molecule has 0 fully saturated rings. The number of imidazole rings is 1. The molecule has 0 saturated carbocycles. The molecule has 0 saturated heterocycles. The summed E-state index contributed by atoms with van der Waals surface area (Å²) in [5.41, 5.74) is 7.73. The van der Waals surface area contributed by atoms with Crippen LogP contribution in [-0.4, -0.2) is 21.5 Å². The lowest BCUT2D eigenvalue weighted by atomic mass is 10.2. The molecule has 2 N–H and O–H groups in total. The Hall–Kier alpha value is -1.33. The highest BCUT2D eigenvalue weighted by Crippen LogP contribution is 2.21. The molecule has 2 aromatic rings.